The maximum Gasteiger partial charge on any atom is 0.0702 e. The molecule has 0 amide bonds. The lowest BCUT2D eigenvalue weighted by Crippen LogP contribution is -2.29. The van der Waals surface area contributed by atoms with Crippen LogP contribution in [-0.4, -0.2) is 44.3 Å². The Bertz CT molecular complexity index is 169. The van der Waals surface area contributed by atoms with E-state index in [-0.39, 0.29) is 0 Å². The minimum Gasteiger partial charge on any atom is -0.377 e. The zero-order valence-corrected chi connectivity index (χ0v) is 11.0. The lowest BCUT2D eigenvalue weighted by molar-refractivity contribution is 0.0805. The van der Waals surface area contributed by atoms with Crippen LogP contribution in [0, 0.1) is 5.92 Å². The van der Waals surface area contributed by atoms with Gasteiger partial charge in [0.05, 0.1) is 6.10 Å². The van der Waals surface area contributed by atoms with E-state index in [1.54, 1.807) is 0 Å². The summed E-state index contributed by atoms with van der Waals surface area (Å²) in [6, 6.07) is 0. The first-order valence-corrected chi connectivity index (χ1v) is 6.72. The molecule has 0 aromatic carbocycles. The van der Waals surface area contributed by atoms with Crippen LogP contribution in [0.2, 0.25) is 0 Å². The molecule has 1 fully saturated rings. The average molecular weight is 228 g/mol. The summed E-state index contributed by atoms with van der Waals surface area (Å²) in [5, 5.41) is 0. The van der Waals surface area contributed by atoms with Crippen LogP contribution in [0.5, 0.6) is 0 Å². The molecule has 0 bridgehead atoms. The third-order valence-corrected chi connectivity index (χ3v) is 3.44. The van der Waals surface area contributed by atoms with Gasteiger partial charge < -0.3 is 15.4 Å². The fourth-order valence-corrected chi connectivity index (χ4v) is 2.37. The minimum atomic E-state index is 0.492. The Balaban J connectivity index is 1.98. The van der Waals surface area contributed by atoms with E-state index in [1.807, 2.05) is 0 Å². The zero-order chi connectivity index (χ0) is 11.8. The zero-order valence-electron chi connectivity index (χ0n) is 11.0. The lowest BCUT2D eigenvalue weighted by Gasteiger charge is -2.21. The molecule has 1 saturated heterocycles. The Hall–Kier alpha value is -0.120. The topological polar surface area (TPSA) is 38.5 Å². The highest BCUT2D eigenvalue weighted by Gasteiger charge is 2.16. The largest absolute Gasteiger partial charge is 0.377 e. The summed E-state index contributed by atoms with van der Waals surface area (Å²) in [6.45, 7) is 6.38. The molecule has 0 aromatic rings. The predicted molar refractivity (Wildman–Crippen MR) is 68.5 cm³/mol. The van der Waals surface area contributed by atoms with E-state index in [1.165, 1.54) is 32.2 Å². The predicted octanol–water partition coefficient (Wildman–Crippen LogP) is 1.86. The summed E-state index contributed by atoms with van der Waals surface area (Å²) < 4.78 is 5.63. The standard InChI is InChI=1S/C13H28N2O/c1-12(7-8-14)5-3-9-15(2)11-13-6-4-10-16-13/h12-13H,3-11,14H2,1-2H3. The summed E-state index contributed by atoms with van der Waals surface area (Å²) in [4.78, 5) is 2.41. The molecule has 0 saturated carbocycles. The van der Waals surface area contributed by atoms with Gasteiger partial charge >= 0.3 is 0 Å². The van der Waals surface area contributed by atoms with Crippen LogP contribution in [0.3, 0.4) is 0 Å². The summed E-state index contributed by atoms with van der Waals surface area (Å²) in [5.41, 5.74) is 5.54. The van der Waals surface area contributed by atoms with E-state index in [4.69, 9.17) is 10.5 Å². The van der Waals surface area contributed by atoms with E-state index in [9.17, 15) is 0 Å². The van der Waals surface area contributed by atoms with E-state index in [0.717, 1.165) is 32.0 Å². The fourth-order valence-electron chi connectivity index (χ4n) is 2.37. The number of nitrogens with two attached hydrogens (primary N) is 1. The maximum absolute atomic E-state index is 5.63. The van der Waals surface area contributed by atoms with Crippen molar-refractivity contribution in [3.8, 4) is 0 Å². The smallest absolute Gasteiger partial charge is 0.0702 e. The van der Waals surface area contributed by atoms with Gasteiger partial charge in [-0.2, -0.15) is 0 Å². The van der Waals surface area contributed by atoms with Gasteiger partial charge in [0, 0.05) is 13.2 Å². The van der Waals surface area contributed by atoms with Gasteiger partial charge in [0.15, 0.2) is 0 Å². The molecule has 0 radical (unpaired) electrons. The van der Waals surface area contributed by atoms with Crippen molar-refractivity contribution in [2.24, 2.45) is 11.7 Å². The molecule has 3 nitrogen and oxygen atoms in total. The summed E-state index contributed by atoms with van der Waals surface area (Å²) in [5.74, 6) is 0.779. The Morgan fingerprint density at radius 2 is 2.25 bits per heavy atom. The highest BCUT2D eigenvalue weighted by molar-refractivity contribution is 4.68. The fraction of sp³-hybridized carbons (Fsp3) is 1.00. The first kappa shape index (κ1) is 13.9. The maximum atomic E-state index is 5.63. The molecule has 1 heterocycles. The van der Waals surface area contributed by atoms with Gasteiger partial charge in [0.2, 0.25) is 0 Å². The first-order valence-electron chi connectivity index (χ1n) is 6.72. The monoisotopic (exact) mass is 228 g/mol. The van der Waals surface area contributed by atoms with Crippen LogP contribution in [0.15, 0.2) is 0 Å². The molecule has 16 heavy (non-hydrogen) atoms. The molecule has 1 rings (SSSR count). The van der Waals surface area contributed by atoms with E-state index < -0.39 is 0 Å². The summed E-state index contributed by atoms with van der Waals surface area (Å²) in [6.07, 6.45) is 6.72. The Kier molecular flexibility index (Phi) is 7.01. The second-order valence-corrected chi connectivity index (χ2v) is 5.22. The Labute approximate surface area is 100 Å². The summed E-state index contributed by atoms with van der Waals surface area (Å²) >= 11 is 0. The van der Waals surface area contributed by atoms with Crippen molar-refractivity contribution in [2.75, 3.05) is 33.3 Å². The number of rotatable bonds is 8. The van der Waals surface area contributed by atoms with Gasteiger partial charge in [-0.3, -0.25) is 0 Å². The molecular formula is C13H28N2O. The molecular weight excluding hydrogens is 200 g/mol. The van der Waals surface area contributed by atoms with Crippen molar-refractivity contribution < 1.29 is 4.74 Å². The molecule has 96 valence electrons. The van der Waals surface area contributed by atoms with Gasteiger partial charge in [-0.25, -0.2) is 0 Å². The molecule has 0 aliphatic carbocycles. The van der Waals surface area contributed by atoms with Crippen LogP contribution in [0.1, 0.15) is 39.0 Å². The van der Waals surface area contributed by atoms with E-state index >= 15 is 0 Å². The summed E-state index contributed by atoms with van der Waals surface area (Å²) in [7, 11) is 2.20. The van der Waals surface area contributed by atoms with Gasteiger partial charge in [-0.05, 0) is 58.2 Å². The van der Waals surface area contributed by atoms with Crippen LogP contribution >= 0.6 is 0 Å². The highest BCUT2D eigenvalue weighted by atomic mass is 16.5. The molecule has 3 heteroatoms. The molecule has 0 spiro atoms. The third kappa shape index (κ3) is 5.83. The second-order valence-electron chi connectivity index (χ2n) is 5.22. The number of hydrogen-bond donors (Lipinski definition) is 1. The normalized spacial score (nSPS) is 22.9. The third-order valence-electron chi connectivity index (χ3n) is 3.44. The molecule has 2 N–H and O–H groups in total. The van der Waals surface area contributed by atoms with Crippen molar-refractivity contribution in [1.82, 2.24) is 4.90 Å². The van der Waals surface area contributed by atoms with Crippen LogP contribution < -0.4 is 5.73 Å². The van der Waals surface area contributed by atoms with Crippen molar-refractivity contribution in [1.29, 1.82) is 0 Å². The Morgan fingerprint density at radius 3 is 2.88 bits per heavy atom. The minimum absolute atomic E-state index is 0.492. The van der Waals surface area contributed by atoms with Gasteiger partial charge in [-0.15, -0.1) is 0 Å². The van der Waals surface area contributed by atoms with Crippen molar-refractivity contribution >= 4 is 0 Å². The van der Waals surface area contributed by atoms with Crippen molar-refractivity contribution in [3.05, 3.63) is 0 Å². The Morgan fingerprint density at radius 1 is 1.44 bits per heavy atom. The molecule has 0 aromatic heterocycles. The van der Waals surface area contributed by atoms with Gasteiger partial charge in [0.25, 0.3) is 0 Å². The second kappa shape index (κ2) is 8.04. The molecule has 1 aliphatic heterocycles. The number of nitrogens with zero attached hydrogens (tertiary/aromatic N) is 1. The van der Waals surface area contributed by atoms with Gasteiger partial charge in [0.1, 0.15) is 0 Å². The highest BCUT2D eigenvalue weighted by Crippen LogP contribution is 2.14. The number of ether oxygens (including phenoxy) is 1. The van der Waals surface area contributed by atoms with E-state index in [0.29, 0.717) is 6.10 Å². The van der Waals surface area contributed by atoms with Crippen molar-refractivity contribution in [3.63, 3.8) is 0 Å². The van der Waals surface area contributed by atoms with Crippen LogP contribution in [-0.2, 0) is 4.74 Å². The first-order chi connectivity index (χ1) is 7.72. The number of hydrogen-bond acceptors (Lipinski definition) is 3. The van der Waals surface area contributed by atoms with E-state index in [2.05, 4.69) is 18.9 Å². The average Bonchev–Trinajstić information content (AvgIpc) is 2.70. The number of likely N-dealkylation sites (N-methyl/N-ethyl adjacent to an activating group) is 1. The lowest BCUT2D eigenvalue weighted by atomic mass is 10.0. The molecule has 2 atom stereocenters. The van der Waals surface area contributed by atoms with Crippen LogP contribution in [0.25, 0.3) is 0 Å². The van der Waals surface area contributed by atoms with Crippen LogP contribution in [0.4, 0.5) is 0 Å². The van der Waals surface area contributed by atoms with Gasteiger partial charge in [-0.1, -0.05) is 6.92 Å². The molecule has 1 aliphatic rings. The molecule has 2 unspecified atom stereocenters. The van der Waals surface area contributed by atoms with Crippen molar-refractivity contribution in [2.45, 2.75) is 45.1 Å². The quantitative estimate of drug-likeness (QED) is 0.689. The SMILES string of the molecule is CC(CCN)CCCN(C)CC1CCCO1.